The van der Waals surface area contributed by atoms with Crippen molar-refractivity contribution < 1.29 is 14.3 Å². The van der Waals surface area contributed by atoms with Crippen LogP contribution in [-0.4, -0.2) is 30.6 Å². The van der Waals surface area contributed by atoms with E-state index >= 15 is 0 Å². The molecule has 0 bridgehead atoms. The Morgan fingerprint density at radius 2 is 1.96 bits per heavy atom. The average Bonchev–Trinajstić information content (AvgIpc) is 3.47. The van der Waals surface area contributed by atoms with Crippen molar-refractivity contribution >= 4 is 5.91 Å². The lowest BCUT2D eigenvalue weighted by atomic mass is 10.2. The summed E-state index contributed by atoms with van der Waals surface area (Å²) in [5.41, 5.74) is 0.941. The van der Waals surface area contributed by atoms with Crippen LogP contribution in [0.25, 0.3) is 0 Å². The van der Waals surface area contributed by atoms with E-state index in [1.54, 1.807) is 6.20 Å². The van der Waals surface area contributed by atoms with E-state index in [1.807, 2.05) is 43.3 Å². The second-order valence-electron chi connectivity index (χ2n) is 6.36. The molecule has 3 rings (SSSR count). The maximum absolute atomic E-state index is 11.8. The predicted molar refractivity (Wildman–Crippen MR) is 99.4 cm³/mol. The van der Waals surface area contributed by atoms with Gasteiger partial charge in [-0.2, -0.15) is 0 Å². The standard InChI is InChI=1S/C20H25N3O3/c1-2-25-17-5-7-18(8-6-17)26-20-11-16(9-10-22-20)13-23-19(24)14-21-12-15-3-4-15/h5-11,15,21H,2-4,12-14H2,1H3,(H,23,24). The second-order valence-corrected chi connectivity index (χ2v) is 6.36. The van der Waals surface area contributed by atoms with Crippen molar-refractivity contribution in [2.75, 3.05) is 19.7 Å². The first-order valence-electron chi connectivity index (χ1n) is 9.06. The molecule has 1 aromatic heterocycles. The average molecular weight is 355 g/mol. The summed E-state index contributed by atoms with van der Waals surface area (Å²) in [6, 6.07) is 11.1. The topological polar surface area (TPSA) is 72.5 Å². The molecule has 2 aromatic rings. The van der Waals surface area contributed by atoms with Crippen molar-refractivity contribution in [3.05, 3.63) is 48.2 Å². The van der Waals surface area contributed by atoms with Crippen LogP contribution in [0.1, 0.15) is 25.3 Å². The van der Waals surface area contributed by atoms with Gasteiger partial charge in [-0.15, -0.1) is 0 Å². The van der Waals surface area contributed by atoms with E-state index in [1.165, 1.54) is 12.8 Å². The molecule has 1 aromatic carbocycles. The molecule has 6 nitrogen and oxygen atoms in total. The van der Waals surface area contributed by atoms with E-state index in [0.29, 0.717) is 31.3 Å². The van der Waals surface area contributed by atoms with Gasteiger partial charge in [0, 0.05) is 18.8 Å². The van der Waals surface area contributed by atoms with Crippen LogP contribution in [0.3, 0.4) is 0 Å². The number of ether oxygens (including phenoxy) is 2. The zero-order chi connectivity index (χ0) is 18.2. The Morgan fingerprint density at radius 3 is 2.69 bits per heavy atom. The first-order valence-corrected chi connectivity index (χ1v) is 9.06. The molecule has 0 spiro atoms. The Hall–Kier alpha value is -2.60. The number of benzene rings is 1. The molecular weight excluding hydrogens is 330 g/mol. The summed E-state index contributed by atoms with van der Waals surface area (Å²) < 4.78 is 11.2. The van der Waals surface area contributed by atoms with Crippen molar-refractivity contribution in [3.8, 4) is 17.4 Å². The summed E-state index contributed by atoms with van der Waals surface area (Å²) in [6.07, 6.45) is 4.24. The summed E-state index contributed by atoms with van der Waals surface area (Å²) in [5, 5.41) is 6.09. The highest BCUT2D eigenvalue weighted by molar-refractivity contribution is 5.77. The van der Waals surface area contributed by atoms with Crippen LogP contribution in [0.2, 0.25) is 0 Å². The maximum Gasteiger partial charge on any atom is 0.234 e. The molecule has 0 atom stereocenters. The molecule has 1 aliphatic carbocycles. The number of nitrogens with zero attached hydrogens (tertiary/aromatic N) is 1. The molecule has 1 saturated carbocycles. The Labute approximate surface area is 153 Å². The van der Waals surface area contributed by atoms with Gasteiger partial charge in [-0.25, -0.2) is 4.98 Å². The molecule has 6 heteroatoms. The minimum atomic E-state index is -0.00329. The van der Waals surface area contributed by atoms with Crippen LogP contribution in [0.15, 0.2) is 42.6 Å². The van der Waals surface area contributed by atoms with Gasteiger partial charge in [0.2, 0.25) is 11.8 Å². The van der Waals surface area contributed by atoms with Gasteiger partial charge in [-0.3, -0.25) is 4.79 Å². The highest BCUT2D eigenvalue weighted by atomic mass is 16.5. The molecule has 1 heterocycles. The van der Waals surface area contributed by atoms with E-state index in [4.69, 9.17) is 9.47 Å². The van der Waals surface area contributed by atoms with E-state index in [-0.39, 0.29) is 5.91 Å². The van der Waals surface area contributed by atoms with Crippen molar-refractivity contribution in [1.29, 1.82) is 0 Å². The van der Waals surface area contributed by atoms with E-state index in [9.17, 15) is 4.79 Å². The summed E-state index contributed by atoms with van der Waals surface area (Å²) in [6.45, 7) is 4.32. The van der Waals surface area contributed by atoms with Crippen molar-refractivity contribution in [2.45, 2.75) is 26.3 Å². The van der Waals surface area contributed by atoms with Gasteiger partial charge < -0.3 is 20.1 Å². The maximum atomic E-state index is 11.8. The number of amides is 1. The molecule has 1 fully saturated rings. The van der Waals surface area contributed by atoms with Gasteiger partial charge >= 0.3 is 0 Å². The number of hydrogen-bond donors (Lipinski definition) is 2. The van der Waals surface area contributed by atoms with E-state index < -0.39 is 0 Å². The monoisotopic (exact) mass is 355 g/mol. The van der Waals surface area contributed by atoms with Gasteiger partial charge in [0.25, 0.3) is 0 Å². The number of rotatable bonds is 10. The van der Waals surface area contributed by atoms with Gasteiger partial charge in [0.05, 0.1) is 13.2 Å². The molecule has 0 aliphatic heterocycles. The third-order valence-corrected chi connectivity index (χ3v) is 4.06. The quantitative estimate of drug-likeness (QED) is 0.686. The number of hydrogen-bond acceptors (Lipinski definition) is 5. The van der Waals surface area contributed by atoms with Crippen molar-refractivity contribution in [3.63, 3.8) is 0 Å². The Kier molecular flexibility index (Phi) is 6.44. The van der Waals surface area contributed by atoms with Crippen LogP contribution in [0, 0.1) is 5.92 Å². The third kappa shape index (κ3) is 6.04. The fourth-order valence-electron chi connectivity index (χ4n) is 2.48. The number of pyridine rings is 1. The summed E-state index contributed by atoms with van der Waals surface area (Å²) >= 11 is 0. The summed E-state index contributed by atoms with van der Waals surface area (Å²) in [5.74, 6) is 2.75. The fourth-order valence-corrected chi connectivity index (χ4v) is 2.48. The lowest BCUT2D eigenvalue weighted by molar-refractivity contribution is -0.120. The normalized spacial score (nSPS) is 13.3. The first kappa shape index (κ1) is 18.2. The SMILES string of the molecule is CCOc1ccc(Oc2cc(CNC(=O)CNCC3CC3)ccn2)cc1. The lowest BCUT2D eigenvalue weighted by Crippen LogP contribution is -2.34. The number of carbonyl (C=O) groups is 1. The van der Waals surface area contributed by atoms with Crippen LogP contribution in [0.5, 0.6) is 17.4 Å². The highest BCUT2D eigenvalue weighted by Crippen LogP contribution is 2.27. The molecule has 26 heavy (non-hydrogen) atoms. The minimum Gasteiger partial charge on any atom is -0.494 e. The van der Waals surface area contributed by atoms with Crippen molar-refractivity contribution in [2.24, 2.45) is 5.92 Å². The Bertz CT molecular complexity index is 714. The van der Waals surface area contributed by atoms with Crippen LogP contribution in [-0.2, 0) is 11.3 Å². The molecule has 0 unspecified atom stereocenters. The van der Waals surface area contributed by atoms with Gasteiger partial charge in [-0.1, -0.05) is 0 Å². The Morgan fingerprint density at radius 1 is 1.19 bits per heavy atom. The van der Waals surface area contributed by atoms with E-state index in [2.05, 4.69) is 15.6 Å². The smallest absolute Gasteiger partial charge is 0.234 e. The second kappa shape index (κ2) is 9.20. The van der Waals surface area contributed by atoms with Crippen LogP contribution in [0.4, 0.5) is 0 Å². The molecule has 138 valence electrons. The molecular formula is C20H25N3O3. The first-order chi connectivity index (χ1) is 12.7. The fraction of sp³-hybridized carbons (Fsp3) is 0.400. The van der Waals surface area contributed by atoms with Gasteiger partial charge in [0.15, 0.2) is 0 Å². The lowest BCUT2D eigenvalue weighted by Gasteiger charge is -2.09. The summed E-state index contributed by atoms with van der Waals surface area (Å²) in [7, 11) is 0. The number of carbonyl (C=O) groups excluding carboxylic acids is 1. The third-order valence-electron chi connectivity index (χ3n) is 4.06. The van der Waals surface area contributed by atoms with Gasteiger partial charge in [0.1, 0.15) is 11.5 Å². The van der Waals surface area contributed by atoms with Crippen molar-refractivity contribution in [1.82, 2.24) is 15.6 Å². The predicted octanol–water partition coefficient (Wildman–Crippen LogP) is 2.89. The molecule has 2 N–H and O–H groups in total. The molecule has 1 aliphatic rings. The Balaban J connectivity index is 1.46. The zero-order valence-electron chi connectivity index (χ0n) is 15.0. The van der Waals surface area contributed by atoms with Crippen LogP contribution < -0.4 is 20.1 Å². The minimum absolute atomic E-state index is 0.00329. The molecule has 0 radical (unpaired) electrons. The largest absolute Gasteiger partial charge is 0.494 e. The molecule has 0 saturated heterocycles. The van der Waals surface area contributed by atoms with Gasteiger partial charge in [-0.05, 0) is 68.1 Å². The van der Waals surface area contributed by atoms with Crippen LogP contribution >= 0.6 is 0 Å². The number of aromatic nitrogens is 1. The van der Waals surface area contributed by atoms with E-state index in [0.717, 1.165) is 23.8 Å². The number of nitrogens with one attached hydrogen (secondary N) is 2. The summed E-state index contributed by atoms with van der Waals surface area (Å²) in [4.78, 5) is 16.1. The zero-order valence-corrected chi connectivity index (χ0v) is 15.0. The highest BCUT2D eigenvalue weighted by Gasteiger charge is 2.20. The molecule has 1 amide bonds.